The molecular weight excluding hydrogens is 338 g/mol. The quantitative estimate of drug-likeness (QED) is 0.555. The second-order valence-electron chi connectivity index (χ2n) is 5.27. The molecule has 130 valence electrons. The summed E-state index contributed by atoms with van der Waals surface area (Å²) in [6.07, 6.45) is 1.44. The molecule has 0 spiro atoms. The topological polar surface area (TPSA) is 149 Å². The van der Waals surface area contributed by atoms with Crippen LogP contribution in [0.2, 0.25) is 0 Å². The van der Waals surface area contributed by atoms with Crippen LogP contribution in [-0.4, -0.2) is 35.5 Å². The molecular formula is C14H17N3O6S. The first kappa shape index (κ1) is 17.9. The van der Waals surface area contributed by atoms with E-state index >= 15 is 0 Å². The molecule has 0 amide bonds. The molecule has 10 heteroatoms. The van der Waals surface area contributed by atoms with Gasteiger partial charge in [-0.3, -0.25) is 14.6 Å². The predicted molar refractivity (Wildman–Crippen MR) is 86.5 cm³/mol. The number of aromatic amines is 2. The Morgan fingerprint density at radius 2 is 2.00 bits per heavy atom. The molecule has 0 aliphatic heterocycles. The van der Waals surface area contributed by atoms with E-state index in [9.17, 15) is 22.8 Å². The summed E-state index contributed by atoms with van der Waals surface area (Å²) >= 11 is 0. The molecule has 0 aliphatic carbocycles. The van der Waals surface area contributed by atoms with Crippen LogP contribution in [0.3, 0.4) is 0 Å². The molecule has 24 heavy (non-hydrogen) atoms. The molecule has 0 saturated carbocycles. The zero-order chi connectivity index (χ0) is 17.9. The average Bonchev–Trinajstić information content (AvgIpc) is 2.50. The van der Waals surface area contributed by atoms with Crippen LogP contribution in [0, 0.1) is 0 Å². The summed E-state index contributed by atoms with van der Waals surface area (Å²) in [5, 5.41) is 9.12. The second-order valence-corrected chi connectivity index (χ2v) is 6.98. The molecule has 1 aromatic heterocycles. The van der Waals surface area contributed by atoms with Crippen molar-refractivity contribution in [2.45, 2.75) is 37.1 Å². The molecule has 0 aliphatic rings. The number of unbranched alkanes of at least 4 members (excludes halogenated alkanes) is 1. The Kier molecular flexibility index (Phi) is 5.20. The Balaban J connectivity index is 2.41. The van der Waals surface area contributed by atoms with Gasteiger partial charge in [-0.25, -0.2) is 13.2 Å². The summed E-state index contributed by atoms with van der Waals surface area (Å²) in [6, 6.07) is 2.31. The fourth-order valence-electron chi connectivity index (χ4n) is 2.21. The highest BCUT2D eigenvalue weighted by atomic mass is 32.2. The van der Waals surface area contributed by atoms with E-state index in [1.165, 1.54) is 12.1 Å². The van der Waals surface area contributed by atoms with Gasteiger partial charge in [0.25, 0.3) is 5.56 Å². The van der Waals surface area contributed by atoms with Crippen LogP contribution in [0.5, 0.6) is 0 Å². The van der Waals surface area contributed by atoms with E-state index < -0.39 is 33.3 Å². The van der Waals surface area contributed by atoms with Crippen LogP contribution in [0.25, 0.3) is 10.9 Å². The first-order valence-corrected chi connectivity index (χ1v) is 8.74. The number of rotatable bonds is 7. The first-order valence-electron chi connectivity index (χ1n) is 7.26. The monoisotopic (exact) mass is 355 g/mol. The van der Waals surface area contributed by atoms with E-state index in [0.717, 1.165) is 12.5 Å². The Hall–Kier alpha value is -2.46. The third-order valence-electron chi connectivity index (χ3n) is 3.46. The van der Waals surface area contributed by atoms with Crippen LogP contribution >= 0.6 is 0 Å². The second kappa shape index (κ2) is 6.97. The highest BCUT2D eigenvalue weighted by Gasteiger charge is 2.25. The van der Waals surface area contributed by atoms with E-state index in [4.69, 9.17) is 5.11 Å². The van der Waals surface area contributed by atoms with E-state index in [-0.39, 0.29) is 22.2 Å². The number of carboxylic acid groups (broad SMARTS) is 1. The zero-order valence-corrected chi connectivity index (χ0v) is 13.6. The lowest BCUT2D eigenvalue weighted by Gasteiger charge is -2.14. The average molecular weight is 355 g/mol. The molecule has 2 aromatic rings. The number of sulfonamides is 1. The summed E-state index contributed by atoms with van der Waals surface area (Å²) in [6.45, 7) is 1.86. The number of hydrogen-bond acceptors (Lipinski definition) is 5. The van der Waals surface area contributed by atoms with Crippen molar-refractivity contribution in [3.8, 4) is 0 Å². The predicted octanol–water partition coefficient (Wildman–Crippen LogP) is 0.138. The number of aromatic nitrogens is 2. The van der Waals surface area contributed by atoms with Gasteiger partial charge in [0.15, 0.2) is 0 Å². The van der Waals surface area contributed by atoms with Gasteiger partial charge in [-0.05, 0) is 24.6 Å². The molecule has 4 N–H and O–H groups in total. The number of H-pyrrole nitrogens is 2. The Morgan fingerprint density at radius 1 is 1.29 bits per heavy atom. The lowest BCUT2D eigenvalue weighted by atomic mass is 10.1. The van der Waals surface area contributed by atoms with Crippen molar-refractivity contribution in [2.75, 3.05) is 0 Å². The van der Waals surface area contributed by atoms with Crippen LogP contribution in [0.15, 0.2) is 32.7 Å². The molecule has 9 nitrogen and oxygen atoms in total. The summed E-state index contributed by atoms with van der Waals surface area (Å²) in [7, 11) is -4.13. The van der Waals surface area contributed by atoms with Gasteiger partial charge < -0.3 is 10.1 Å². The van der Waals surface area contributed by atoms with Gasteiger partial charge in [0.2, 0.25) is 10.0 Å². The van der Waals surface area contributed by atoms with Gasteiger partial charge in [-0.2, -0.15) is 4.72 Å². The molecule has 2 rings (SSSR count). The Morgan fingerprint density at radius 3 is 2.62 bits per heavy atom. The van der Waals surface area contributed by atoms with E-state index in [1.54, 1.807) is 0 Å². The van der Waals surface area contributed by atoms with Crippen LogP contribution in [0.1, 0.15) is 26.2 Å². The molecule has 0 unspecified atom stereocenters. The van der Waals surface area contributed by atoms with Gasteiger partial charge in [-0.1, -0.05) is 19.8 Å². The van der Waals surface area contributed by atoms with Gasteiger partial charge in [0.05, 0.1) is 15.8 Å². The number of nitrogens with one attached hydrogen (secondary N) is 3. The van der Waals surface area contributed by atoms with Crippen molar-refractivity contribution < 1.29 is 18.3 Å². The fraction of sp³-hybridized carbons (Fsp3) is 0.357. The molecule has 0 bridgehead atoms. The molecule has 1 aromatic carbocycles. The summed E-state index contributed by atoms with van der Waals surface area (Å²) in [5.74, 6) is -1.27. The van der Waals surface area contributed by atoms with Crippen molar-refractivity contribution in [1.29, 1.82) is 0 Å². The number of carbonyl (C=O) groups is 1. The minimum absolute atomic E-state index is 0.0158. The normalized spacial score (nSPS) is 13.0. The maximum absolute atomic E-state index is 12.4. The third-order valence-corrected chi connectivity index (χ3v) is 4.93. The lowest BCUT2D eigenvalue weighted by molar-refractivity contribution is -0.139. The zero-order valence-electron chi connectivity index (χ0n) is 12.8. The van der Waals surface area contributed by atoms with Crippen LogP contribution in [-0.2, 0) is 14.8 Å². The minimum Gasteiger partial charge on any atom is -0.480 e. The van der Waals surface area contributed by atoms with Gasteiger partial charge in [0.1, 0.15) is 6.04 Å². The minimum atomic E-state index is -4.13. The highest BCUT2D eigenvalue weighted by Crippen LogP contribution is 2.15. The summed E-state index contributed by atoms with van der Waals surface area (Å²) in [5.41, 5.74) is -1.25. The number of hydrogen-bond donors (Lipinski definition) is 4. The molecule has 1 atom stereocenters. The Bertz CT molecular complexity index is 976. The Labute approximate surface area is 136 Å². The smallest absolute Gasteiger partial charge is 0.326 e. The lowest BCUT2D eigenvalue weighted by Crippen LogP contribution is -2.40. The standard InChI is InChI=1S/C14H17N3O6S/c1-2-3-4-11(13(19)20)17-24(22,23)8-5-6-10-9(7-8)12(18)16-14(21)15-10/h5-7,11,17H,2-4H2,1H3,(H,19,20)(H2,15,16,18,21)/t11-/m0/s1. The third kappa shape index (κ3) is 3.89. The summed E-state index contributed by atoms with van der Waals surface area (Å²) < 4.78 is 26.9. The van der Waals surface area contributed by atoms with E-state index in [1.807, 2.05) is 11.9 Å². The highest BCUT2D eigenvalue weighted by molar-refractivity contribution is 7.89. The van der Waals surface area contributed by atoms with Crippen LogP contribution in [0.4, 0.5) is 0 Å². The van der Waals surface area contributed by atoms with Crippen molar-refractivity contribution in [1.82, 2.24) is 14.7 Å². The first-order chi connectivity index (χ1) is 11.2. The van der Waals surface area contributed by atoms with Crippen molar-refractivity contribution in [3.05, 3.63) is 39.0 Å². The van der Waals surface area contributed by atoms with Crippen molar-refractivity contribution in [3.63, 3.8) is 0 Å². The number of carboxylic acids is 1. The van der Waals surface area contributed by atoms with Gasteiger partial charge in [0, 0.05) is 0 Å². The van der Waals surface area contributed by atoms with Crippen molar-refractivity contribution >= 4 is 26.9 Å². The van der Waals surface area contributed by atoms with Gasteiger partial charge in [-0.15, -0.1) is 0 Å². The van der Waals surface area contributed by atoms with Gasteiger partial charge >= 0.3 is 11.7 Å². The largest absolute Gasteiger partial charge is 0.480 e. The molecule has 0 saturated heterocycles. The maximum atomic E-state index is 12.4. The SMILES string of the molecule is CCCC[C@H](NS(=O)(=O)c1ccc2[nH]c(=O)[nH]c(=O)c2c1)C(=O)O. The number of aliphatic carboxylic acids is 1. The van der Waals surface area contributed by atoms with Crippen LogP contribution < -0.4 is 16.0 Å². The molecule has 0 fully saturated rings. The van der Waals surface area contributed by atoms with E-state index in [2.05, 4.69) is 9.71 Å². The maximum Gasteiger partial charge on any atom is 0.326 e. The van der Waals surface area contributed by atoms with Crippen molar-refractivity contribution in [2.24, 2.45) is 0 Å². The van der Waals surface area contributed by atoms with E-state index in [0.29, 0.717) is 6.42 Å². The molecule has 0 radical (unpaired) electrons. The molecule has 1 heterocycles. The fourth-order valence-corrected chi connectivity index (χ4v) is 3.46. The summed E-state index contributed by atoms with van der Waals surface area (Å²) in [4.78, 5) is 38.3. The number of benzene rings is 1. The number of fused-ring (bicyclic) bond motifs is 1.